The zero-order valence-corrected chi connectivity index (χ0v) is 22.7. The number of hydrogen-bond donors (Lipinski definition) is 1. The minimum Gasteiger partial charge on any atom is -0.373 e. The number of hydrogen-bond acceptors (Lipinski definition) is 3. The van der Waals surface area contributed by atoms with Gasteiger partial charge in [-0.2, -0.15) is 0 Å². The molecule has 1 aliphatic heterocycles. The molecule has 0 radical (unpaired) electrons. The first-order valence-corrected chi connectivity index (χ1v) is 14.5. The largest absolute Gasteiger partial charge is 0.373 e. The molecule has 0 unspecified atom stereocenters. The van der Waals surface area contributed by atoms with Crippen LogP contribution in [0.4, 0.5) is 22.1 Å². The van der Waals surface area contributed by atoms with Crippen LogP contribution in [-0.2, 0) is 0 Å². The van der Waals surface area contributed by atoms with Crippen LogP contribution < -0.4 is 10.2 Å². The van der Waals surface area contributed by atoms with Crippen LogP contribution in [0.15, 0.2) is 133 Å². The first-order chi connectivity index (χ1) is 19.8. The molecule has 0 fully saturated rings. The molecule has 0 saturated heterocycles. The molecule has 0 aliphatic carbocycles. The first kappa shape index (κ1) is 23.1. The fraction of sp³-hybridized carbons (Fsp3) is 0.0270. The summed E-state index contributed by atoms with van der Waals surface area (Å²) < 4.78 is 1.29. The van der Waals surface area contributed by atoms with Crippen molar-refractivity contribution in [3.8, 4) is 11.1 Å². The summed E-state index contributed by atoms with van der Waals surface area (Å²) in [5.41, 5.74) is 7.22. The Labute approximate surface area is 237 Å². The maximum Gasteiger partial charge on any atom is 0.0971 e. The van der Waals surface area contributed by atoms with Gasteiger partial charge in [-0.3, -0.25) is 0 Å². The van der Waals surface area contributed by atoms with Crippen LogP contribution in [0.1, 0.15) is 5.56 Å². The Morgan fingerprint density at radius 1 is 0.575 bits per heavy atom. The molecule has 3 heteroatoms. The molecule has 2 nitrogen and oxygen atoms in total. The van der Waals surface area contributed by atoms with E-state index in [1.54, 1.807) is 0 Å². The molecule has 8 rings (SSSR count). The molecule has 40 heavy (non-hydrogen) atoms. The SMILES string of the molecule is C1=Cc2c(sc3c(N(c4ccc(-c5ccccc5)cc4)c4ccc5ccc6ccccc6c5c4)cccc23)NC1. The van der Waals surface area contributed by atoms with Crippen molar-refractivity contribution in [1.29, 1.82) is 0 Å². The van der Waals surface area contributed by atoms with E-state index in [0.29, 0.717) is 0 Å². The number of benzene rings is 6. The highest BCUT2D eigenvalue weighted by molar-refractivity contribution is 7.23. The lowest BCUT2D eigenvalue weighted by atomic mass is 10.0. The van der Waals surface area contributed by atoms with Crippen LogP contribution in [-0.4, -0.2) is 6.54 Å². The van der Waals surface area contributed by atoms with Crippen LogP contribution in [0.2, 0.25) is 0 Å². The molecule has 0 amide bonds. The Hall–Kier alpha value is -4.86. The molecule has 0 spiro atoms. The smallest absolute Gasteiger partial charge is 0.0971 e. The molecular formula is C37H26N2S. The molecule has 0 bridgehead atoms. The van der Waals surface area contributed by atoms with E-state index in [1.807, 2.05) is 11.3 Å². The Morgan fingerprint density at radius 2 is 1.27 bits per heavy atom. The van der Waals surface area contributed by atoms with Crippen molar-refractivity contribution in [3.05, 3.63) is 139 Å². The second-order valence-electron chi connectivity index (χ2n) is 10.2. The number of fused-ring (bicyclic) bond motifs is 6. The van der Waals surface area contributed by atoms with E-state index in [4.69, 9.17) is 0 Å². The van der Waals surface area contributed by atoms with Crippen molar-refractivity contribution in [2.75, 3.05) is 16.8 Å². The summed E-state index contributed by atoms with van der Waals surface area (Å²) in [7, 11) is 0. The minimum absolute atomic E-state index is 0.873. The summed E-state index contributed by atoms with van der Waals surface area (Å²) in [6.45, 7) is 0.873. The van der Waals surface area contributed by atoms with Crippen LogP contribution >= 0.6 is 11.3 Å². The van der Waals surface area contributed by atoms with Crippen molar-refractivity contribution >= 4 is 71.1 Å². The van der Waals surface area contributed by atoms with Gasteiger partial charge in [0.1, 0.15) is 0 Å². The fourth-order valence-electron chi connectivity index (χ4n) is 5.91. The lowest BCUT2D eigenvalue weighted by molar-refractivity contribution is 1.31. The average molecular weight is 531 g/mol. The van der Waals surface area contributed by atoms with Crippen molar-refractivity contribution in [1.82, 2.24) is 0 Å². The van der Waals surface area contributed by atoms with E-state index in [2.05, 4.69) is 150 Å². The predicted molar refractivity (Wildman–Crippen MR) is 174 cm³/mol. The van der Waals surface area contributed by atoms with Crippen LogP contribution in [0.3, 0.4) is 0 Å². The zero-order chi connectivity index (χ0) is 26.5. The standard InChI is InChI=1S/C37H26N2S/c1-2-8-25(9-3-1)26-17-20-29(21-18-26)39(35-14-6-12-32-33-13-7-23-38-37(33)40-36(32)35)30-22-19-28-16-15-27-10-4-5-11-31(27)34(28)24-30/h1-22,24,38H,23H2. The molecule has 2 heterocycles. The normalized spacial score (nSPS) is 12.5. The van der Waals surface area contributed by atoms with Gasteiger partial charge < -0.3 is 10.2 Å². The van der Waals surface area contributed by atoms with Crippen molar-refractivity contribution in [3.63, 3.8) is 0 Å². The van der Waals surface area contributed by atoms with Crippen molar-refractivity contribution in [2.45, 2.75) is 0 Å². The van der Waals surface area contributed by atoms with Gasteiger partial charge in [0, 0.05) is 28.9 Å². The summed E-state index contributed by atoms with van der Waals surface area (Å²) in [5, 5.41) is 11.2. The third kappa shape index (κ3) is 3.78. The van der Waals surface area contributed by atoms with E-state index in [1.165, 1.54) is 59.0 Å². The van der Waals surface area contributed by atoms with Gasteiger partial charge in [0.2, 0.25) is 0 Å². The second-order valence-corrected chi connectivity index (χ2v) is 11.2. The molecule has 1 aliphatic rings. The molecule has 1 N–H and O–H groups in total. The Morgan fingerprint density at radius 3 is 2.15 bits per heavy atom. The van der Waals surface area contributed by atoms with Gasteiger partial charge in [-0.25, -0.2) is 0 Å². The number of nitrogens with zero attached hydrogens (tertiary/aromatic N) is 1. The Balaban J connectivity index is 1.36. The summed E-state index contributed by atoms with van der Waals surface area (Å²) in [5.74, 6) is 0. The van der Waals surface area contributed by atoms with Gasteiger partial charge in [0.15, 0.2) is 0 Å². The van der Waals surface area contributed by atoms with Gasteiger partial charge >= 0.3 is 0 Å². The third-order valence-electron chi connectivity index (χ3n) is 7.86. The lowest BCUT2D eigenvalue weighted by Gasteiger charge is -2.27. The van der Waals surface area contributed by atoms with E-state index < -0.39 is 0 Å². The lowest BCUT2D eigenvalue weighted by Crippen LogP contribution is -2.10. The average Bonchev–Trinajstić information content (AvgIpc) is 3.41. The Bertz CT molecular complexity index is 2050. The molecule has 0 saturated carbocycles. The predicted octanol–water partition coefficient (Wildman–Crippen LogP) is 10.8. The highest BCUT2D eigenvalue weighted by Crippen LogP contribution is 2.47. The number of nitrogens with one attached hydrogen (secondary N) is 1. The molecule has 190 valence electrons. The highest BCUT2D eigenvalue weighted by atomic mass is 32.1. The van der Waals surface area contributed by atoms with Crippen LogP contribution in [0.5, 0.6) is 0 Å². The van der Waals surface area contributed by atoms with Crippen molar-refractivity contribution in [2.24, 2.45) is 0 Å². The second kappa shape index (κ2) is 9.41. The van der Waals surface area contributed by atoms with Gasteiger partial charge in [-0.15, -0.1) is 11.3 Å². The highest BCUT2D eigenvalue weighted by Gasteiger charge is 2.21. The summed E-state index contributed by atoms with van der Waals surface area (Å²) in [4.78, 5) is 2.42. The molecule has 6 aromatic carbocycles. The van der Waals surface area contributed by atoms with Crippen molar-refractivity contribution < 1.29 is 0 Å². The molecule has 7 aromatic rings. The maximum atomic E-state index is 3.58. The van der Waals surface area contributed by atoms with E-state index >= 15 is 0 Å². The first-order valence-electron chi connectivity index (χ1n) is 13.7. The number of rotatable bonds is 4. The van der Waals surface area contributed by atoms with Gasteiger partial charge in [0.25, 0.3) is 0 Å². The maximum absolute atomic E-state index is 3.58. The zero-order valence-electron chi connectivity index (χ0n) is 21.8. The van der Waals surface area contributed by atoms with E-state index in [0.717, 1.165) is 17.9 Å². The number of thiophene rings is 1. The summed E-state index contributed by atoms with van der Waals surface area (Å²) in [6.07, 6.45) is 4.46. The number of anilines is 4. The van der Waals surface area contributed by atoms with Crippen LogP contribution in [0, 0.1) is 0 Å². The van der Waals surface area contributed by atoms with E-state index in [-0.39, 0.29) is 0 Å². The van der Waals surface area contributed by atoms with Gasteiger partial charge in [0.05, 0.1) is 15.4 Å². The molecular weight excluding hydrogens is 504 g/mol. The molecule has 0 atom stereocenters. The Kier molecular flexibility index (Phi) is 5.42. The van der Waals surface area contributed by atoms with E-state index in [9.17, 15) is 0 Å². The van der Waals surface area contributed by atoms with Crippen LogP contribution in [0.25, 0.3) is 48.8 Å². The molecule has 1 aromatic heterocycles. The van der Waals surface area contributed by atoms with Gasteiger partial charge in [-0.05, 0) is 63.0 Å². The monoisotopic (exact) mass is 530 g/mol. The topological polar surface area (TPSA) is 15.3 Å². The summed E-state index contributed by atoms with van der Waals surface area (Å²) >= 11 is 1.85. The third-order valence-corrected chi connectivity index (χ3v) is 9.06. The van der Waals surface area contributed by atoms with Gasteiger partial charge in [-0.1, -0.05) is 109 Å². The minimum atomic E-state index is 0.873. The fourth-order valence-corrected chi connectivity index (χ4v) is 7.11. The summed E-state index contributed by atoms with van der Waals surface area (Å²) in [6, 6.07) is 46.2. The quantitative estimate of drug-likeness (QED) is 0.228.